The van der Waals surface area contributed by atoms with E-state index in [0.29, 0.717) is 13.1 Å². The molecular formula is C21H23N3O2S. The number of anilines is 1. The average molecular weight is 382 g/mol. The number of hydrogen-bond acceptors (Lipinski definition) is 5. The Morgan fingerprint density at radius 2 is 1.81 bits per heavy atom. The van der Waals surface area contributed by atoms with Crippen LogP contribution in [0.1, 0.15) is 21.5 Å². The van der Waals surface area contributed by atoms with Crippen molar-refractivity contribution in [2.24, 2.45) is 0 Å². The van der Waals surface area contributed by atoms with Crippen LogP contribution in [0.2, 0.25) is 0 Å². The Labute approximate surface area is 163 Å². The topological polar surface area (TPSA) is 45.7 Å². The van der Waals surface area contributed by atoms with Crippen LogP contribution in [-0.2, 0) is 0 Å². The minimum atomic E-state index is 0.117. The molecule has 0 unspecified atom stereocenters. The van der Waals surface area contributed by atoms with Gasteiger partial charge in [-0.2, -0.15) is 0 Å². The number of carbonyl (C=O) groups excluding carboxylic acids is 1. The van der Waals surface area contributed by atoms with Gasteiger partial charge in [0.2, 0.25) is 0 Å². The molecule has 0 spiro atoms. The molecule has 0 radical (unpaired) electrons. The number of nitrogens with zero attached hydrogens (tertiary/aromatic N) is 3. The molecule has 1 saturated heterocycles. The van der Waals surface area contributed by atoms with Gasteiger partial charge in [-0.05, 0) is 55.3 Å². The van der Waals surface area contributed by atoms with Crippen molar-refractivity contribution in [3.63, 3.8) is 0 Å². The van der Waals surface area contributed by atoms with Gasteiger partial charge >= 0.3 is 0 Å². The average Bonchev–Trinajstić information content (AvgIpc) is 3.13. The molecule has 5 nitrogen and oxygen atoms in total. The van der Waals surface area contributed by atoms with E-state index in [1.165, 1.54) is 5.56 Å². The maximum absolute atomic E-state index is 12.8. The summed E-state index contributed by atoms with van der Waals surface area (Å²) in [4.78, 5) is 21.8. The summed E-state index contributed by atoms with van der Waals surface area (Å²) in [5, 5.41) is 1.01. The number of ether oxygens (including phenoxy) is 1. The van der Waals surface area contributed by atoms with Gasteiger partial charge in [0, 0.05) is 31.7 Å². The maximum atomic E-state index is 12.8. The van der Waals surface area contributed by atoms with Gasteiger partial charge in [0.05, 0.1) is 17.3 Å². The number of thiazole rings is 1. The summed E-state index contributed by atoms with van der Waals surface area (Å²) >= 11 is 1.67. The number of aromatic nitrogens is 1. The summed E-state index contributed by atoms with van der Waals surface area (Å²) in [5.74, 6) is 0.966. The highest BCUT2D eigenvalue weighted by molar-refractivity contribution is 7.22. The highest BCUT2D eigenvalue weighted by Gasteiger charge is 2.24. The third kappa shape index (κ3) is 3.49. The van der Waals surface area contributed by atoms with Crippen LogP contribution in [0, 0.1) is 13.8 Å². The van der Waals surface area contributed by atoms with E-state index in [-0.39, 0.29) is 5.91 Å². The Bertz CT molecular complexity index is 990. The number of carbonyl (C=O) groups is 1. The first-order valence-corrected chi connectivity index (χ1v) is 9.93. The van der Waals surface area contributed by atoms with Gasteiger partial charge in [0.25, 0.3) is 5.91 Å². The zero-order chi connectivity index (χ0) is 19.0. The summed E-state index contributed by atoms with van der Waals surface area (Å²) in [6, 6.07) is 11.9. The van der Waals surface area contributed by atoms with E-state index in [1.807, 2.05) is 48.2 Å². The Morgan fingerprint density at radius 3 is 2.52 bits per heavy atom. The molecule has 6 heteroatoms. The van der Waals surface area contributed by atoms with Crippen molar-refractivity contribution in [1.82, 2.24) is 9.88 Å². The second kappa shape index (κ2) is 7.19. The van der Waals surface area contributed by atoms with Gasteiger partial charge in [0.1, 0.15) is 5.75 Å². The van der Waals surface area contributed by atoms with Crippen molar-refractivity contribution < 1.29 is 9.53 Å². The SMILES string of the molecule is COc1ccc2nc(N3CCN(C(=O)c4ccc(C)c(C)c4)CC3)sc2c1. The van der Waals surface area contributed by atoms with Crippen LogP contribution in [0.3, 0.4) is 0 Å². The molecule has 27 heavy (non-hydrogen) atoms. The zero-order valence-electron chi connectivity index (χ0n) is 15.9. The molecule has 2 heterocycles. The number of aryl methyl sites for hydroxylation is 2. The number of hydrogen-bond donors (Lipinski definition) is 0. The highest BCUT2D eigenvalue weighted by Crippen LogP contribution is 2.32. The Morgan fingerprint density at radius 1 is 1.04 bits per heavy atom. The second-order valence-electron chi connectivity index (χ2n) is 6.91. The van der Waals surface area contributed by atoms with Crippen LogP contribution in [-0.4, -0.2) is 49.1 Å². The summed E-state index contributed by atoms with van der Waals surface area (Å²) < 4.78 is 6.42. The molecule has 0 saturated carbocycles. The Hall–Kier alpha value is -2.60. The molecule has 140 valence electrons. The van der Waals surface area contributed by atoms with Crippen LogP contribution >= 0.6 is 11.3 Å². The van der Waals surface area contributed by atoms with E-state index in [2.05, 4.69) is 11.8 Å². The number of amides is 1. The fourth-order valence-corrected chi connectivity index (χ4v) is 4.36. The van der Waals surface area contributed by atoms with Crippen LogP contribution in [0.4, 0.5) is 5.13 Å². The number of fused-ring (bicyclic) bond motifs is 1. The predicted molar refractivity (Wildman–Crippen MR) is 110 cm³/mol. The first kappa shape index (κ1) is 17.8. The van der Waals surface area contributed by atoms with Gasteiger partial charge in [-0.25, -0.2) is 4.98 Å². The third-order valence-corrected chi connectivity index (χ3v) is 6.25. The minimum absolute atomic E-state index is 0.117. The summed E-state index contributed by atoms with van der Waals surface area (Å²) in [5.41, 5.74) is 4.14. The summed E-state index contributed by atoms with van der Waals surface area (Å²) in [7, 11) is 1.68. The molecule has 0 aliphatic carbocycles. The molecule has 4 rings (SSSR count). The quantitative estimate of drug-likeness (QED) is 0.691. The first-order valence-electron chi connectivity index (χ1n) is 9.11. The van der Waals surface area contributed by atoms with Crippen molar-refractivity contribution in [2.45, 2.75) is 13.8 Å². The van der Waals surface area contributed by atoms with Gasteiger partial charge in [-0.1, -0.05) is 17.4 Å². The fourth-order valence-electron chi connectivity index (χ4n) is 3.31. The fraction of sp³-hybridized carbons (Fsp3) is 0.333. The molecule has 1 amide bonds. The van der Waals surface area contributed by atoms with Crippen molar-refractivity contribution in [3.8, 4) is 5.75 Å². The molecule has 0 atom stereocenters. The lowest BCUT2D eigenvalue weighted by Gasteiger charge is -2.34. The van der Waals surface area contributed by atoms with Gasteiger partial charge in [0.15, 0.2) is 5.13 Å². The van der Waals surface area contributed by atoms with Gasteiger partial charge in [-0.3, -0.25) is 4.79 Å². The lowest BCUT2D eigenvalue weighted by atomic mass is 10.1. The summed E-state index contributed by atoms with van der Waals surface area (Å²) in [6.07, 6.45) is 0. The number of benzene rings is 2. The van der Waals surface area contributed by atoms with E-state index < -0.39 is 0 Å². The van der Waals surface area contributed by atoms with Gasteiger partial charge < -0.3 is 14.5 Å². The highest BCUT2D eigenvalue weighted by atomic mass is 32.1. The normalized spacial score (nSPS) is 14.6. The molecule has 1 aromatic heterocycles. The molecule has 1 aliphatic heterocycles. The Kier molecular flexibility index (Phi) is 4.74. The molecule has 2 aromatic carbocycles. The van der Waals surface area contributed by atoms with Crippen LogP contribution in [0.15, 0.2) is 36.4 Å². The maximum Gasteiger partial charge on any atom is 0.253 e. The molecule has 1 aliphatic rings. The molecular weight excluding hydrogens is 358 g/mol. The first-order chi connectivity index (χ1) is 13.0. The van der Waals surface area contributed by atoms with E-state index in [4.69, 9.17) is 9.72 Å². The molecule has 0 N–H and O–H groups in total. The van der Waals surface area contributed by atoms with Crippen molar-refractivity contribution in [3.05, 3.63) is 53.1 Å². The van der Waals surface area contributed by atoms with Crippen molar-refractivity contribution in [1.29, 1.82) is 0 Å². The largest absolute Gasteiger partial charge is 0.497 e. The van der Waals surface area contributed by atoms with E-state index >= 15 is 0 Å². The van der Waals surface area contributed by atoms with Crippen molar-refractivity contribution >= 4 is 32.6 Å². The smallest absolute Gasteiger partial charge is 0.253 e. The van der Waals surface area contributed by atoms with Gasteiger partial charge in [-0.15, -0.1) is 0 Å². The molecule has 0 bridgehead atoms. The minimum Gasteiger partial charge on any atom is -0.497 e. The van der Waals surface area contributed by atoms with Crippen LogP contribution in [0.25, 0.3) is 10.2 Å². The number of methoxy groups -OCH3 is 1. The second-order valence-corrected chi connectivity index (χ2v) is 7.92. The summed E-state index contributed by atoms with van der Waals surface area (Å²) in [6.45, 7) is 7.14. The van der Waals surface area contributed by atoms with E-state index in [1.54, 1.807) is 18.4 Å². The van der Waals surface area contributed by atoms with Crippen molar-refractivity contribution in [2.75, 3.05) is 38.2 Å². The lowest BCUT2D eigenvalue weighted by molar-refractivity contribution is 0.0746. The standard InChI is InChI=1S/C21H23N3O2S/c1-14-4-5-16(12-15(14)2)20(25)23-8-10-24(11-9-23)21-22-18-7-6-17(26-3)13-19(18)27-21/h4-7,12-13H,8-11H2,1-3H3. The Balaban J connectivity index is 1.45. The number of rotatable bonds is 3. The monoisotopic (exact) mass is 381 g/mol. The van der Waals surface area contributed by atoms with Crippen LogP contribution < -0.4 is 9.64 Å². The molecule has 3 aromatic rings. The van der Waals surface area contributed by atoms with E-state index in [0.717, 1.165) is 45.3 Å². The predicted octanol–water partition coefficient (Wildman–Crippen LogP) is 3.88. The zero-order valence-corrected chi connectivity index (χ0v) is 16.7. The molecule has 1 fully saturated rings. The number of piperazine rings is 1. The lowest BCUT2D eigenvalue weighted by Crippen LogP contribution is -2.48. The van der Waals surface area contributed by atoms with E-state index in [9.17, 15) is 4.79 Å². The third-order valence-electron chi connectivity index (χ3n) is 5.18. The van der Waals surface area contributed by atoms with Crippen LogP contribution in [0.5, 0.6) is 5.75 Å².